The molecule has 0 radical (unpaired) electrons. The molecule has 0 saturated carbocycles. The number of carboxylic acid groups (broad SMARTS) is 1. The molecule has 0 atom stereocenters. The van der Waals surface area contributed by atoms with Gasteiger partial charge in [0.1, 0.15) is 6.61 Å². The van der Waals surface area contributed by atoms with Crippen molar-refractivity contribution in [3.63, 3.8) is 0 Å². The van der Waals surface area contributed by atoms with Crippen molar-refractivity contribution in [2.75, 3.05) is 12.4 Å². The summed E-state index contributed by atoms with van der Waals surface area (Å²) in [4.78, 5) is 11.3. The molecule has 0 amide bonds. The highest BCUT2D eigenvalue weighted by Crippen LogP contribution is 2.37. The standard InChI is InChI=1S/C24H24ClNO4/c1-15-6-4-7-17(10-15)14-30-23-20(25)11-18(12-22(23)29-3)13-26-21-9-5-8-19(16(21)2)24(27)28/h4-12,26H,13-14H2,1-3H3,(H,27,28). The molecule has 0 spiro atoms. The number of benzene rings is 3. The summed E-state index contributed by atoms with van der Waals surface area (Å²) in [5, 5.41) is 13.0. The number of nitrogens with one attached hydrogen (secondary N) is 1. The van der Waals surface area contributed by atoms with Gasteiger partial charge in [-0.3, -0.25) is 0 Å². The highest BCUT2D eigenvalue weighted by Gasteiger charge is 2.14. The molecule has 0 aromatic heterocycles. The summed E-state index contributed by atoms with van der Waals surface area (Å²) in [6.07, 6.45) is 0. The number of hydrogen-bond acceptors (Lipinski definition) is 4. The van der Waals surface area contributed by atoms with Crippen LogP contribution in [-0.2, 0) is 13.2 Å². The fourth-order valence-corrected chi connectivity index (χ4v) is 3.52. The molecule has 3 rings (SSSR count). The third-order valence-corrected chi connectivity index (χ3v) is 5.08. The lowest BCUT2D eigenvalue weighted by molar-refractivity contribution is 0.0696. The number of halogens is 1. The van der Waals surface area contributed by atoms with E-state index in [1.54, 1.807) is 26.2 Å². The van der Waals surface area contributed by atoms with Crippen LogP contribution in [0.3, 0.4) is 0 Å². The Morgan fingerprint density at radius 2 is 1.83 bits per heavy atom. The molecule has 3 aromatic rings. The predicted molar refractivity (Wildman–Crippen MR) is 119 cm³/mol. The zero-order chi connectivity index (χ0) is 21.7. The first-order chi connectivity index (χ1) is 14.4. The maximum absolute atomic E-state index is 11.3. The maximum atomic E-state index is 11.3. The molecule has 0 saturated heterocycles. The van der Waals surface area contributed by atoms with E-state index in [1.165, 1.54) is 0 Å². The van der Waals surface area contributed by atoms with Gasteiger partial charge in [0.05, 0.1) is 17.7 Å². The third-order valence-electron chi connectivity index (χ3n) is 4.80. The number of hydrogen-bond donors (Lipinski definition) is 2. The van der Waals surface area contributed by atoms with Crippen LogP contribution in [0.15, 0.2) is 54.6 Å². The second-order valence-electron chi connectivity index (χ2n) is 7.02. The van der Waals surface area contributed by atoms with E-state index in [2.05, 4.69) is 11.4 Å². The normalized spacial score (nSPS) is 10.5. The topological polar surface area (TPSA) is 67.8 Å². The first kappa shape index (κ1) is 21.5. The molecule has 0 aliphatic rings. The van der Waals surface area contributed by atoms with E-state index < -0.39 is 5.97 Å². The predicted octanol–water partition coefficient (Wildman–Crippen LogP) is 5.85. The Kier molecular flexibility index (Phi) is 6.85. The van der Waals surface area contributed by atoms with Gasteiger partial charge in [-0.1, -0.05) is 47.5 Å². The molecule has 30 heavy (non-hydrogen) atoms. The van der Waals surface area contributed by atoms with Gasteiger partial charge in [0.15, 0.2) is 11.5 Å². The van der Waals surface area contributed by atoms with E-state index in [0.29, 0.717) is 35.2 Å². The van der Waals surface area contributed by atoms with E-state index in [1.807, 2.05) is 43.3 Å². The quantitative estimate of drug-likeness (QED) is 0.473. The highest BCUT2D eigenvalue weighted by molar-refractivity contribution is 6.32. The second-order valence-corrected chi connectivity index (χ2v) is 7.43. The van der Waals surface area contributed by atoms with Crippen molar-refractivity contribution in [3.8, 4) is 11.5 Å². The van der Waals surface area contributed by atoms with Crippen LogP contribution >= 0.6 is 11.6 Å². The van der Waals surface area contributed by atoms with Crippen molar-refractivity contribution in [2.45, 2.75) is 27.0 Å². The number of ether oxygens (including phenoxy) is 2. The SMILES string of the molecule is COc1cc(CNc2cccc(C(=O)O)c2C)cc(Cl)c1OCc1cccc(C)c1. The smallest absolute Gasteiger partial charge is 0.336 e. The number of anilines is 1. The van der Waals surface area contributed by atoms with Gasteiger partial charge in [0.2, 0.25) is 0 Å². The number of aromatic carboxylic acids is 1. The monoisotopic (exact) mass is 425 g/mol. The molecule has 6 heteroatoms. The average molecular weight is 426 g/mol. The summed E-state index contributed by atoms with van der Waals surface area (Å²) in [6, 6.07) is 16.9. The number of rotatable bonds is 8. The maximum Gasteiger partial charge on any atom is 0.336 e. The Labute approximate surface area is 181 Å². The summed E-state index contributed by atoms with van der Waals surface area (Å²) >= 11 is 6.48. The van der Waals surface area contributed by atoms with Crippen LogP contribution in [0.25, 0.3) is 0 Å². The minimum atomic E-state index is -0.948. The summed E-state index contributed by atoms with van der Waals surface area (Å²) in [7, 11) is 1.57. The zero-order valence-electron chi connectivity index (χ0n) is 17.2. The summed E-state index contributed by atoms with van der Waals surface area (Å²) < 4.78 is 11.4. The van der Waals surface area contributed by atoms with Crippen molar-refractivity contribution in [1.82, 2.24) is 0 Å². The van der Waals surface area contributed by atoms with E-state index in [0.717, 1.165) is 22.4 Å². The Balaban J connectivity index is 1.75. The average Bonchev–Trinajstić information content (AvgIpc) is 2.71. The van der Waals surface area contributed by atoms with Crippen molar-refractivity contribution in [1.29, 1.82) is 0 Å². The van der Waals surface area contributed by atoms with Gasteiger partial charge in [-0.05, 0) is 54.8 Å². The zero-order valence-corrected chi connectivity index (χ0v) is 17.9. The first-order valence-corrected chi connectivity index (χ1v) is 9.88. The molecule has 0 unspecified atom stereocenters. The first-order valence-electron chi connectivity index (χ1n) is 9.50. The van der Waals surface area contributed by atoms with Crippen molar-refractivity contribution in [2.24, 2.45) is 0 Å². The third kappa shape index (κ3) is 5.05. The Morgan fingerprint density at radius 1 is 1.07 bits per heavy atom. The number of aryl methyl sites for hydroxylation is 1. The summed E-state index contributed by atoms with van der Waals surface area (Å²) in [5.41, 5.74) is 4.81. The largest absolute Gasteiger partial charge is 0.493 e. The van der Waals surface area contributed by atoms with Crippen molar-refractivity contribution in [3.05, 3.63) is 87.4 Å². The number of carbonyl (C=O) groups is 1. The van der Waals surface area contributed by atoms with E-state index in [4.69, 9.17) is 21.1 Å². The van der Waals surface area contributed by atoms with Crippen LogP contribution in [0, 0.1) is 13.8 Å². The van der Waals surface area contributed by atoms with Gasteiger partial charge in [-0.25, -0.2) is 4.79 Å². The molecule has 5 nitrogen and oxygen atoms in total. The molecule has 0 fully saturated rings. The van der Waals surface area contributed by atoms with Crippen molar-refractivity contribution >= 4 is 23.3 Å². The minimum Gasteiger partial charge on any atom is -0.493 e. The highest BCUT2D eigenvalue weighted by atomic mass is 35.5. The summed E-state index contributed by atoms with van der Waals surface area (Å²) in [5.74, 6) is 0.0902. The van der Waals surface area contributed by atoms with Crippen LogP contribution in [0.2, 0.25) is 5.02 Å². The van der Waals surface area contributed by atoms with Crippen LogP contribution in [0.4, 0.5) is 5.69 Å². The Hall–Kier alpha value is -3.18. The molecule has 0 bridgehead atoms. The molecule has 0 aliphatic carbocycles. The van der Waals surface area contributed by atoms with Gasteiger partial charge in [-0.2, -0.15) is 0 Å². The molecular formula is C24H24ClNO4. The fourth-order valence-electron chi connectivity index (χ4n) is 3.23. The number of methoxy groups -OCH3 is 1. The number of carboxylic acids is 1. The van der Waals surface area contributed by atoms with Crippen LogP contribution < -0.4 is 14.8 Å². The lowest BCUT2D eigenvalue weighted by Crippen LogP contribution is -2.06. The lowest BCUT2D eigenvalue weighted by Gasteiger charge is -2.16. The second kappa shape index (κ2) is 9.55. The molecule has 2 N–H and O–H groups in total. The van der Waals surface area contributed by atoms with E-state index in [9.17, 15) is 9.90 Å². The summed E-state index contributed by atoms with van der Waals surface area (Å²) in [6.45, 7) is 4.66. The van der Waals surface area contributed by atoms with Crippen LogP contribution in [0.5, 0.6) is 11.5 Å². The molecule has 156 valence electrons. The molecule has 0 aliphatic heterocycles. The van der Waals surface area contributed by atoms with Gasteiger partial charge in [0, 0.05) is 12.2 Å². The van der Waals surface area contributed by atoms with Gasteiger partial charge in [-0.15, -0.1) is 0 Å². The fraction of sp³-hybridized carbons (Fsp3) is 0.208. The Bertz CT molecular complexity index is 1070. The molecule has 0 heterocycles. The minimum absolute atomic E-state index is 0.274. The van der Waals surface area contributed by atoms with Gasteiger partial charge >= 0.3 is 5.97 Å². The molecule has 3 aromatic carbocycles. The molecular weight excluding hydrogens is 402 g/mol. The van der Waals surface area contributed by atoms with Crippen LogP contribution in [-0.4, -0.2) is 18.2 Å². The lowest BCUT2D eigenvalue weighted by atomic mass is 10.1. The van der Waals surface area contributed by atoms with Gasteiger partial charge < -0.3 is 19.9 Å². The van der Waals surface area contributed by atoms with Crippen LogP contribution in [0.1, 0.15) is 32.6 Å². The van der Waals surface area contributed by atoms with E-state index in [-0.39, 0.29) is 5.56 Å². The van der Waals surface area contributed by atoms with Gasteiger partial charge in [0.25, 0.3) is 0 Å². The Morgan fingerprint density at radius 3 is 2.53 bits per heavy atom. The van der Waals surface area contributed by atoms with E-state index >= 15 is 0 Å². The van der Waals surface area contributed by atoms with Crippen molar-refractivity contribution < 1.29 is 19.4 Å².